The molecular weight excluding hydrogens is 358 g/mol. The molecule has 0 N–H and O–H groups in total. The Morgan fingerprint density at radius 3 is 2.76 bits per heavy atom. The van der Waals surface area contributed by atoms with E-state index in [-0.39, 0.29) is 12.4 Å². The molecule has 2 heterocycles. The minimum atomic E-state index is -0.190. The van der Waals surface area contributed by atoms with E-state index in [9.17, 15) is 4.79 Å². The number of ether oxygens (including phenoxy) is 3. The second kappa shape index (κ2) is 6.34. The van der Waals surface area contributed by atoms with Gasteiger partial charge in [-0.25, -0.2) is 0 Å². The quantitative estimate of drug-likeness (QED) is 0.651. The maximum absolute atomic E-state index is 12.7. The van der Waals surface area contributed by atoms with Gasteiger partial charge in [-0.15, -0.1) is 11.3 Å². The fourth-order valence-electron chi connectivity index (χ4n) is 2.61. The van der Waals surface area contributed by atoms with Gasteiger partial charge in [-0.05, 0) is 48.1 Å². The van der Waals surface area contributed by atoms with E-state index in [1.807, 2.05) is 36.4 Å². The van der Waals surface area contributed by atoms with E-state index in [4.69, 9.17) is 26.4 Å². The van der Waals surface area contributed by atoms with E-state index in [1.165, 1.54) is 15.9 Å². The lowest BCUT2D eigenvalue weighted by Crippen LogP contribution is -2.17. The lowest BCUT2D eigenvalue weighted by atomic mass is 10.1. The summed E-state index contributed by atoms with van der Waals surface area (Å²) in [5.74, 6) is 2.05. The standard InChI is InChI=1S/C18H13NO4S2/c1-21-13-4-2-3-12(8-13)19-17(20)9-16(25-18(19)24)11-5-6-14-15(7-11)23-10-22-14/h2-9H,10H2,1H3. The molecule has 3 aromatic rings. The summed E-state index contributed by atoms with van der Waals surface area (Å²) in [6, 6.07) is 14.4. The number of benzene rings is 2. The van der Waals surface area contributed by atoms with Gasteiger partial charge in [-0.3, -0.25) is 9.36 Å². The maximum atomic E-state index is 12.7. The van der Waals surface area contributed by atoms with Crippen LogP contribution >= 0.6 is 23.6 Å². The summed E-state index contributed by atoms with van der Waals surface area (Å²) in [6.45, 7) is 0.214. The van der Waals surface area contributed by atoms with E-state index in [1.54, 1.807) is 19.2 Å². The maximum Gasteiger partial charge on any atom is 0.258 e. The normalized spacial score (nSPS) is 12.2. The second-order valence-corrected chi connectivity index (χ2v) is 7.00. The summed E-state index contributed by atoms with van der Waals surface area (Å²) in [5.41, 5.74) is 1.36. The smallest absolute Gasteiger partial charge is 0.258 e. The molecule has 0 aliphatic carbocycles. The largest absolute Gasteiger partial charge is 0.497 e. The fraction of sp³-hybridized carbons (Fsp3) is 0.111. The van der Waals surface area contributed by atoms with Crippen molar-refractivity contribution in [2.45, 2.75) is 0 Å². The first-order valence-electron chi connectivity index (χ1n) is 7.47. The first-order chi connectivity index (χ1) is 12.2. The number of hydrogen-bond donors (Lipinski definition) is 0. The number of hydrogen-bond acceptors (Lipinski definition) is 6. The molecule has 0 unspecified atom stereocenters. The topological polar surface area (TPSA) is 49.7 Å². The predicted molar refractivity (Wildman–Crippen MR) is 98.9 cm³/mol. The molecule has 2 aromatic carbocycles. The van der Waals surface area contributed by atoms with Crippen LogP contribution in [0.1, 0.15) is 0 Å². The van der Waals surface area contributed by atoms with E-state index >= 15 is 0 Å². The van der Waals surface area contributed by atoms with E-state index < -0.39 is 0 Å². The van der Waals surface area contributed by atoms with Gasteiger partial charge in [0.25, 0.3) is 5.56 Å². The number of aromatic nitrogens is 1. The van der Waals surface area contributed by atoms with Gasteiger partial charge in [0, 0.05) is 17.0 Å². The van der Waals surface area contributed by atoms with Gasteiger partial charge in [0.05, 0.1) is 12.8 Å². The van der Waals surface area contributed by atoms with Gasteiger partial charge in [-0.2, -0.15) is 0 Å². The molecule has 1 aliphatic heterocycles. The fourth-order valence-corrected chi connectivity index (χ4v) is 3.95. The molecule has 126 valence electrons. The Kier molecular flexibility index (Phi) is 4.03. The lowest BCUT2D eigenvalue weighted by Gasteiger charge is -2.09. The predicted octanol–water partition coefficient (Wildman–Crippen LogP) is 4.03. The zero-order chi connectivity index (χ0) is 17.4. The Morgan fingerprint density at radius 2 is 1.96 bits per heavy atom. The van der Waals surface area contributed by atoms with Crippen LogP contribution in [0.25, 0.3) is 16.1 Å². The molecule has 4 rings (SSSR count). The first-order valence-corrected chi connectivity index (χ1v) is 8.70. The third kappa shape index (κ3) is 2.92. The third-order valence-corrected chi connectivity index (χ3v) is 5.19. The number of rotatable bonds is 3. The van der Waals surface area contributed by atoms with Crippen LogP contribution in [0.3, 0.4) is 0 Å². The molecule has 0 bridgehead atoms. The van der Waals surface area contributed by atoms with Gasteiger partial charge in [0.1, 0.15) is 5.75 Å². The van der Waals surface area contributed by atoms with E-state index in [2.05, 4.69) is 0 Å². The molecule has 7 heteroatoms. The summed E-state index contributed by atoms with van der Waals surface area (Å²) in [6.07, 6.45) is 0. The summed E-state index contributed by atoms with van der Waals surface area (Å²) in [7, 11) is 1.59. The van der Waals surface area contributed by atoms with Crippen molar-refractivity contribution in [2.24, 2.45) is 0 Å². The van der Waals surface area contributed by atoms with Gasteiger partial charge in [-0.1, -0.05) is 6.07 Å². The zero-order valence-corrected chi connectivity index (χ0v) is 14.9. The molecule has 0 saturated carbocycles. The van der Waals surface area contributed by atoms with Gasteiger partial charge in [0.15, 0.2) is 15.5 Å². The average molecular weight is 371 g/mol. The highest BCUT2D eigenvalue weighted by Crippen LogP contribution is 2.36. The van der Waals surface area contributed by atoms with Crippen LogP contribution in [0.5, 0.6) is 17.2 Å². The van der Waals surface area contributed by atoms with Crippen molar-refractivity contribution in [3.8, 4) is 33.4 Å². The lowest BCUT2D eigenvalue weighted by molar-refractivity contribution is 0.174. The van der Waals surface area contributed by atoms with Crippen molar-refractivity contribution in [3.05, 3.63) is 62.8 Å². The zero-order valence-electron chi connectivity index (χ0n) is 13.2. The molecule has 0 fully saturated rings. The molecule has 1 aliphatic rings. The summed E-state index contributed by atoms with van der Waals surface area (Å²) >= 11 is 6.84. The minimum Gasteiger partial charge on any atom is -0.497 e. The van der Waals surface area contributed by atoms with Crippen molar-refractivity contribution in [2.75, 3.05) is 13.9 Å². The van der Waals surface area contributed by atoms with Crippen LogP contribution in [0, 0.1) is 3.95 Å². The SMILES string of the molecule is COc1cccc(-n2c(=O)cc(-c3ccc4c(c3)OCO4)sc2=S)c1. The molecular formula is C18H13NO4S2. The Bertz CT molecular complexity index is 1040. The molecule has 0 amide bonds. The molecule has 5 nitrogen and oxygen atoms in total. The molecule has 0 spiro atoms. The Balaban J connectivity index is 1.81. The molecule has 1 aromatic heterocycles. The van der Waals surface area contributed by atoms with Crippen LogP contribution in [-0.4, -0.2) is 18.5 Å². The van der Waals surface area contributed by atoms with Crippen molar-refractivity contribution < 1.29 is 14.2 Å². The Hall–Kier alpha value is -2.64. The van der Waals surface area contributed by atoms with Crippen molar-refractivity contribution in [1.82, 2.24) is 4.57 Å². The third-order valence-electron chi connectivity index (χ3n) is 3.82. The average Bonchev–Trinajstić information content (AvgIpc) is 3.09. The van der Waals surface area contributed by atoms with E-state index in [0.717, 1.165) is 10.4 Å². The summed E-state index contributed by atoms with van der Waals surface area (Å²) in [4.78, 5) is 13.5. The van der Waals surface area contributed by atoms with Crippen molar-refractivity contribution >= 4 is 23.6 Å². The van der Waals surface area contributed by atoms with Gasteiger partial charge < -0.3 is 14.2 Å². The molecule has 25 heavy (non-hydrogen) atoms. The van der Waals surface area contributed by atoms with Crippen LogP contribution in [0.15, 0.2) is 53.3 Å². The van der Waals surface area contributed by atoms with Crippen LogP contribution < -0.4 is 19.8 Å². The monoisotopic (exact) mass is 371 g/mol. The van der Waals surface area contributed by atoms with Gasteiger partial charge in [0.2, 0.25) is 6.79 Å². The highest BCUT2D eigenvalue weighted by atomic mass is 32.1. The molecule has 0 atom stereocenters. The number of nitrogens with zero attached hydrogens (tertiary/aromatic N) is 1. The molecule has 0 radical (unpaired) electrons. The minimum absolute atomic E-state index is 0.190. The molecule has 0 saturated heterocycles. The second-order valence-electron chi connectivity index (χ2n) is 5.32. The van der Waals surface area contributed by atoms with Gasteiger partial charge >= 0.3 is 0 Å². The number of methoxy groups -OCH3 is 1. The van der Waals surface area contributed by atoms with Crippen molar-refractivity contribution in [3.63, 3.8) is 0 Å². The highest BCUT2D eigenvalue weighted by Gasteiger charge is 2.15. The number of fused-ring (bicyclic) bond motifs is 1. The highest BCUT2D eigenvalue weighted by molar-refractivity contribution is 7.73. The van der Waals surface area contributed by atoms with E-state index in [0.29, 0.717) is 26.9 Å². The summed E-state index contributed by atoms with van der Waals surface area (Å²) < 4.78 is 17.9. The summed E-state index contributed by atoms with van der Waals surface area (Å²) in [5, 5.41) is 0. The van der Waals surface area contributed by atoms with Crippen LogP contribution in [0.2, 0.25) is 0 Å². The van der Waals surface area contributed by atoms with Crippen LogP contribution in [-0.2, 0) is 0 Å². The van der Waals surface area contributed by atoms with Crippen molar-refractivity contribution in [1.29, 1.82) is 0 Å². The Morgan fingerprint density at radius 1 is 1.12 bits per heavy atom. The Labute approximate surface area is 152 Å². The first kappa shape index (κ1) is 15.9. The van der Waals surface area contributed by atoms with Crippen LogP contribution in [0.4, 0.5) is 0 Å².